The van der Waals surface area contributed by atoms with Gasteiger partial charge < -0.3 is 9.88 Å². The van der Waals surface area contributed by atoms with Crippen molar-refractivity contribution in [3.05, 3.63) is 18.2 Å². The number of aromatic nitrogens is 2. The molecule has 0 radical (unpaired) electrons. The Hall–Kier alpha value is -1.32. The Morgan fingerprint density at radius 1 is 1.60 bits per heavy atom. The summed E-state index contributed by atoms with van der Waals surface area (Å²) in [5.74, 6) is 1.13. The molecular formula is C11H19N3O. The number of hydrogen-bond acceptors (Lipinski definition) is 2. The van der Waals surface area contributed by atoms with Crippen molar-refractivity contribution in [3.63, 3.8) is 0 Å². The molecule has 1 aromatic heterocycles. The Kier molecular flexibility index (Phi) is 4.34. The number of carbonyl (C=O) groups excluding carboxylic acids is 1. The van der Waals surface area contributed by atoms with Crippen molar-refractivity contribution in [2.45, 2.75) is 46.2 Å². The number of imidazole rings is 1. The van der Waals surface area contributed by atoms with Crippen molar-refractivity contribution in [1.29, 1.82) is 0 Å². The predicted molar refractivity (Wildman–Crippen MR) is 59.5 cm³/mol. The van der Waals surface area contributed by atoms with Gasteiger partial charge in [0.25, 0.3) is 0 Å². The van der Waals surface area contributed by atoms with Gasteiger partial charge >= 0.3 is 0 Å². The normalized spacial score (nSPS) is 10.7. The summed E-state index contributed by atoms with van der Waals surface area (Å²) in [7, 11) is 0. The van der Waals surface area contributed by atoms with E-state index in [9.17, 15) is 4.79 Å². The van der Waals surface area contributed by atoms with Crippen LogP contribution in [0.1, 0.15) is 33.0 Å². The largest absolute Gasteiger partial charge is 0.354 e. The lowest BCUT2D eigenvalue weighted by Gasteiger charge is -2.09. The summed E-state index contributed by atoms with van der Waals surface area (Å²) in [4.78, 5) is 15.6. The molecule has 1 N–H and O–H groups in total. The number of rotatable bonds is 5. The van der Waals surface area contributed by atoms with Gasteiger partial charge in [-0.15, -0.1) is 0 Å². The third-order valence-corrected chi connectivity index (χ3v) is 2.15. The lowest BCUT2D eigenvalue weighted by Crippen LogP contribution is -2.30. The lowest BCUT2D eigenvalue weighted by atomic mass is 10.3. The smallest absolute Gasteiger partial charge is 0.221 e. The molecule has 84 valence electrons. The fourth-order valence-corrected chi connectivity index (χ4v) is 1.47. The minimum atomic E-state index is 0.0979. The fourth-order valence-electron chi connectivity index (χ4n) is 1.47. The van der Waals surface area contributed by atoms with Crippen LogP contribution in [-0.4, -0.2) is 21.5 Å². The maximum absolute atomic E-state index is 11.4. The first-order valence-electron chi connectivity index (χ1n) is 5.42. The van der Waals surface area contributed by atoms with E-state index in [1.54, 1.807) is 6.20 Å². The van der Waals surface area contributed by atoms with Crippen LogP contribution in [0.5, 0.6) is 0 Å². The second kappa shape index (κ2) is 5.53. The van der Waals surface area contributed by atoms with Crippen LogP contribution in [0.25, 0.3) is 0 Å². The summed E-state index contributed by atoms with van der Waals surface area (Å²) in [5.41, 5.74) is 0. The quantitative estimate of drug-likeness (QED) is 0.796. The highest BCUT2D eigenvalue weighted by atomic mass is 16.1. The molecule has 0 unspecified atom stereocenters. The van der Waals surface area contributed by atoms with Gasteiger partial charge in [-0.3, -0.25) is 4.79 Å². The SMILES string of the molecule is CCc1nccn1CCC(=O)NC(C)C. The Bertz CT molecular complexity index is 317. The molecule has 1 heterocycles. The van der Waals surface area contributed by atoms with E-state index in [0.29, 0.717) is 13.0 Å². The standard InChI is InChI=1S/C11H19N3O/c1-4-10-12-6-8-14(10)7-5-11(15)13-9(2)3/h6,8-9H,4-5,7H2,1-3H3,(H,13,15). The first-order valence-corrected chi connectivity index (χ1v) is 5.42. The van der Waals surface area contributed by atoms with Crippen LogP contribution in [0.3, 0.4) is 0 Å². The first-order chi connectivity index (χ1) is 7.13. The van der Waals surface area contributed by atoms with Gasteiger partial charge in [0.2, 0.25) is 5.91 Å². The van der Waals surface area contributed by atoms with Crippen molar-refractivity contribution in [1.82, 2.24) is 14.9 Å². The molecule has 0 aromatic carbocycles. The third kappa shape index (κ3) is 3.73. The van der Waals surface area contributed by atoms with Crippen LogP contribution in [-0.2, 0) is 17.8 Å². The van der Waals surface area contributed by atoms with Crippen LogP contribution in [0.15, 0.2) is 12.4 Å². The fraction of sp³-hybridized carbons (Fsp3) is 0.636. The van der Waals surface area contributed by atoms with Gasteiger partial charge in [0.15, 0.2) is 0 Å². The van der Waals surface area contributed by atoms with Gasteiger partial charge in [0, 0.05) is 37.8 Å². The molecule has 4 nitrogen and oxygen atoms in total. The molecule has 1 aromatic rings. The van der Waals surface area contributed by atoms with Crippen molar-refractivity contribution < 1.29 is 4.79 Å². The Morgan fingerprint density at radius 2 is 2.33 bits per heavy atom. The number of nitrogens with one attached hydrogen (secondary N) is 1. The molecular weight excluding hydrogens is 190 g/mol. The Morgan fingerprint density at radius 3 is 2.93 bits per heavy atom. The highest BCUT2D eigenvalue weighted by Crippen LogP contribution is 2.00. The van der Waals surface area contributed by atoms with E-state index in [1.807, 2.05) is 24.6 Å². The zero-order chi connectivity index (χ0) is 11.3. The number of hydrogen-bond donors (Lipinski definition) is 1. The van der Waals surface area contributed by atoms with Crippen LogP contribution >= 0.6 is 0 Å². The van der Waals surface area contributed by atoms with Gasteiger partial charge in [-0.1, -0.05) is 6.92 Å². The zero-order valence-electron chi connectivity index (χ0n) is 9.66. The van der Waals surface area contributed by atoms with Crippen LogP contribution < -0.4 is 5.32 Å². The summed E-state index contributed by atoms with van der Waals surface area (Å²) >= 11 is 0. The van der Waals surface area contributed by atoms with E-state index < -0.39 is 0 Å². The number of aryl methyl sites for hydroxylation is 2. The molecule has 0 aliphatic carbocycles. The van der Waals surface area contributed by atoms with E-state index in [2.05, 4.69) is 17.2 Å². The molecule has 15 heavy (non-hydrogen) atoms. The van der Waals surface area contributed by atoms with E-state index >= 15 is 0 Å². The average molecular weight is 209 g/mol. The van der Waals surface area contributed by atoms with Crippen LogP contribution in [0.4, 0.5) is 0 Å². The van der Waals surface area contributed by atoms with E-state index in [4.69, 9.17) is 0 Å². The highest BCUT2D eigenvalue weighted by Gasteiger charge is 2.05. The zero-order valence-corrected chi connectivity index (χ0v) is 9.66. The van der Waals surface area contributed by atoms with Crippen molar-refractivity contribution in [2.24, 2.45) is 0 Å². The van der Waals surface area contributed by atoms with Crippen LogP contribution in [0.2, 0.25) is 0 Å². The van der Waals surface area contributed by atoms with E-state index in [0.717, 1.165) is 12.2 Å². The second-order valence-corrected chi connectivity index (χ2v) is 3.86. The number of carbonyl (C=O) groups is 1. The third-order valence-electron chi connectivity index (χ3n) is 2.15. The maximum atomic E-state index is 11.4. The van der Waals surface area contributed by atoms with Gasteiger partial charge in [0.1, 0.15) is 5.82 Å². The molecule has 0 atom stereocenters. The van der Waals surface area contributed by atoms with Crippen molar-refractivity contribution in [3.8, 4) is 0 Å². The van der Waals surface area contributed by atoms with Gasteiger partial charge in [-0.2, -0.15) is 0 Å². The van der Waals surface area contributed by atoms with Gasteiger partial charge in [-0.05, 0) is 13.8 Å². The van der Waals surface area contributed by atoms with Crippen molar-refractivity contribution >= 4 is 5.91 Å². The number of nitrogens with zero attached hydrogens (tertiary/aromatic N) is 2. The Balaban J connectivity index is 2.40. The molecule has 0 spiro atoms. The minimum Gasteiger partial charge on any atom is -0.354 e. The second-order valence-electron chi connectivity index (χ2n) is 3.86. The maximum Gasteiger partial charge on any atom is 0.221 e. The molecule has 0 saturated heterocycles. The van der Waals surface area contributed by atoms with Crippen molar-refractivity contribution in [2.75, 3.05) is 0 Å². The highest BCUT2D eigenvalue weighted by molar-refractivity contribution is 5.76. The van der Waals surface area contributed by atoms with Gasteiger partial charge in [0.05, 0.1) is 0 Å². The molecule has 0 fully saturated rings. The molecule has 0 saturated carbocycles. The summed E-state index contributed by atoms with van der Waals surface area (Å²) in [6, 6.07) is 0.214. The predicted octanol–water partition coefficient (Wildman–Crippen LogP) is 1.36. The average Bonchev–Trinajstić information content (AvgIpc) is 2.60. The number of amides is 1. The minimum absolute atomic E-state index is 0.0979. The molecule has 0 aliphatic rings. The van der Waals surface area contributed by atoms with E-state index in [-0.39, 0.29) is 11.9 Å². The summed E-state index contributed by atoms with van der Waals surface area (Å²) < 4.78 is 2.03. The molecule has 4 heteroatoms. The molecule has 0 bridgehead atoms. The van der Waals surface area contributed by atoms with Crippen LogP contribution in [0, 0.1) is 0 Å². The molecule has 1 amide bonds. The summed E-state index contributed by atoms with van der Waals surface area (Å²) in [6.07, 6.45) is 5.11. The summed E-state index contributed by atoms with van der Waals surface area (Å²) in [5, 5.41) is 2.87. The lowest BCUT2D eigenvalue weighted by molar-refractivity contribution is -0.121. The monoisotopic (exact) mass is 209 g/mol. The summed E-state index contributed by atoms with van der Waals surface area (Å²) in [6.45, 7) is 6.70. The van der Waals surface area contributed by atoms with Gasteiger partial charge in [-0.25, -0.2) is 4.98 Å². The molecule has 0 aliphatic heterocycles. The van der Waals surface area contributed by atoms with E-state index in [1.165, 1.54) is 0 Å². The topological polar surface area (TPSA) is 46.9 Å². The molecule has 1 rings (SSSR count). The Labute approximate surface area is 90.7 Å². The first kappa shape index (κ1) is 11.8.